The van der Waals surface area contributed by atoms with E-state index in [1.54, 1.807) is 18.0 Å². The number of nitrogens with zero attached hydrogens (tertiary/aromatic N) is 1. The highest BCUT2D eigenvalue weighted by Gasteiger charge is 2.42. The minimum absolute atomic E-state index is 0.0309. The molecule has 3 N–H and O–H groups in total. The van der Waals surface area contributed by atoms with Crippen LogP contribution >= 0.6 is 11.8 Å². The van der Waals surface area contributed by atoms with Crippen molar-refractivity contribution in [2.45, 2.75) is 62.0 Å². The van der Waals surface area contributed by atoms with E-state index in [-0.39, 0.29) is 37.1 Å². The molecule has 50 heavy (non-hydrogen) atoms. The van der Waals surface area contributed by atoms with Crippen molar-refractivity contribution in [3.8, 4) is 0 Å². The lowest BCUT2D eigenvalue weighted by Gasteiger charge is -2.43. The molecule has 5 atom stereocenters. The average molecular weight is 688 g/mol. The third-order valence-corrected chi connectivity index (χ3v) is 9.82. The molecule has 1 fully saturated rings. The van der Waals surface area contributed by atoms with E-state index in [0.29, 0.717) is 12.2 Å². The van der Waals surface area contributed by atoms with Crippen LogP contribution in [0.15, 0.2) is 139 Å². The van der Waals surface area contributed by atoms with Crippen LogP contribution in [0.3, 0.4) is 0 Å². The molecule has 0 saturated carbocycles. The number of nitrogens with one attached hydrogen (secondary N) is 2. The highest BCUT2D eigenvalue weighted by atomic mass is 32.2. The maximum Gasteiger partial charge on any atom is 0.315 e. The van der Waals surface area contributed by atoms with Gasteiger partial charge >= 0.3 is 6.03 Å². The van der Waals surface area contributed by atoms with E-state index in [1.807, 2.05) is 115 Å². The third-order valence-electron chi connectivity index (χ3n) is 8.79. The smallest absolute Gasteiger partial charge is 0.315 e. The largest absolute Gasteiger partial charge is 0.392 e. The molecule has 6 rings (SSSR count). The monoisotopic (exact) mass is 687 g/mol. The summed E-state index contributed by atoms with van der Waals surface area (Å²) in [5.74, 6) is 0.450. The molecule has 0 aliphatic carbocycles. The van der Waals surface area contributed by atoms with Gasteiger partial charge in [0.05, 0.1) is 29.9 Å². The van der Waals surface area contributed by atoms with Crippen LogP contribution in [0.5, 0.6) is 0 Å². The van der Waals surface area contributed by atoms with Crippen molar-refractivity contribution >= 4 is 23.6 Å². The fourth-order valence-electron chi connectivity index (χ4n) is 6.08. The van der Waals surface area contributed by atoms with Gasteiger partial charge < -0.3 is 25.2 Å². The second-order valence-corrected chi connectivity index (χ2v) is 13.3. The number of rotatable bonds is 13. The van der Waals surface area contributed by atoms with Crippen LogP contribution in [0.2, 0.25) is 0 Å². The summed E-state index contributed by atoms with van der Waals surface area (Å²) in [6.07, 6.45) is 1.03. The number of hydrogen-bond donors (Lipinski definition) is 3. The van der Waals surface area contributed by atoms with Gasteiger partial charge in [-0.25, -0.2) is 9.78 Å². The Morgan fingerprint density at radius 3 is 2.08 bits per heavy atom. The number of ether oxygens (including phenoxy) is 2. The zero-order valence-corrected chi connectivity index (χ0v) is 28.7. The molecular formula is C41H41N3O5S. The van der Waals surface area contributed by atoms with Gasteiger partial charge in [-0.1, -0.05) is 115 Å². The van der Waals surface area contributed by atoms with Crippen LogP contribution < -0.4 is 10.6 Å². The third kappa shape index (κ3) is 9.25. The number of ketones is 1. The quantitative estimate of drug-likeness (QED) is 0.111. The zero-order chi connectivity index (χ0) is 34.7. The van der Waals surface area contributed by atoms with Gasteiger partial charge in [0.1, 0.15) is 0 Å². The number of aliphatic hydroxyl groups excluding tert-OH is 1. The number of Topliss-reactive ketones (excluding diaryl/α,β-unsaturated/α-hetero) is 1. The van der Waals surface area contributed by atoms with Crippen molar-refractivity contribution in [2.24, 2.45) is 0 Å². The lowest BCUT2D eigenvalue weighted by Crippen LogP contribution is -2.46. The van der Waals surface area contributed by atoms with Gasteiger partial charge in [-0.2, -0.15) is 0 Å². The molecule has 1 aromatic heterocycles. The van der Waals surface area contributed by atoms with E-state index in [1.165, 1.54) is 6.92 Å². The lowest BCUT2D eigenvalue weighted by atomic mass is 9.84. The Bertz CT molecular complexity index is 1810. The fourth-order valence-corrected chi connectivity index (χ4v) is 7.01. The van der Waals surface area contributed by atoms with Crippen LogP contribution in [0.1, 0.15) is 58.6 Å². The molecule has 2 amide bonds. The molecule has 1 aliphatic rings. The summed E-state index contributed by atoms with van der Waals surface area (Å²) in [7, 11) is 0. The number of pyridine rings is 1. The summed E-state index contributed by atoms with van der Waals surface area (Å²) in [6.45, 7) is 1.74. The first-order valence-corrected chi connectivity index (χ1v) is 17.7. The number of thioether (sulfide) groups is 1. The van der Waals surface area contributed by atoms with Gasteiger partial charge in [-0.15, -0.1) is 11.8 Å². The Morgan fingerprint density at radius 1 is 0.760 bits per heavy atom. The van der Waals surface area contributed by atoms with E-state index in [4.69, 9.17) is 9.47 Å². The minimum Gasteiger partial charge on any atom is -0.392 e. The molecule has 4 aromatic carbocycles. The predicted octanol–water partition coefficient (Wildman–Crippen LogP) is 7.30. The Kier molecular flexibility index (Phi) is 12.1. The van der Waals surface area contributed by atoms with Crippen LogP contribution in [0.25, 0.3) is 0 Å². The number of hydrogen-bond acceptors (Lipinski definition) is 7. The molecule has 5 aromatic rings. The van der Waals surface area contributed by atoms with Crippen molar-refractivity contribution in [3.05, 3.63) is 167 Å². The first-order valence-electron chi connectivity index (χ1n) is 16.7. The molecule has 1 unspecified atom stereocenters. The summed E-state index contributed by atoms with van der Waals surface area (Å²) in [5, 5.41) is 16.3. The molecule has 0 spiro atoms. The van der Waals surface area contributed by atoms with Crippen LogP contribution in [-0.2, 0) is 33.8 Å². The molecule has 256 valence electrons. The van der Waals surface area contributed by atoms with Crippen molar-refractivity contribution in [1.29, 1.82) is 0 Å². The van der Waals surface area contributed by atoms with E-state index in [9.17, 15) is 14.7 Å². The first-order chi connectivity index (χ1) is 24.5. The van der Waals surface area contributed by atoms with Gasteiger partial charge in [-0.3, -0.25) is 4.79 Å². The highest BCUT2D eigenvalue weighted by Crippen LogP contribution is 2.48. The number of aliphatic hydroxyl groups is 1. The summed E-state index contributed by atoms with van der Waals surface area (Å²) in [6, 6.07) is 40.5. The van der Waals surface area contributed by atoms with E-state index in [0.717, 1.165) is 38.4 Å². The van der Waals surface area contributed by atoms with E-state index >= 15 is 0 Å². The Hall–Kier alpha value is -4.80. The number of aromatic nitrogens is 1. The van der Waals surface area contributed by atoms with Crippen LogP contribution in [0.4, 0.5) is 4.79 Å². The first kappa shape index (κ1) is 35.0. The van der Waals surface area contributed by atoms with Gasteiger partial charge in [0.25, 0.3) is 0 Å². The van der Waals surface area contributed by atoms with Crippen LogP contribution in [0, 0.1) is 0 Å². The number of carbonyl (C=O) groups is 2. The predicted molar refractivity (Wildman–Crippen MR) is 194 cm³/mol. The molecule has 8 nitrogen and oxygen atoms in total. The van der Waals surface area contributed by atoms with Crippen molar-refractivity contribution in [1.82, 2.24) is 15.6 Å². The molecule has 0 bridgehead atoms. The number of amides is 2. The summed E-state index contributed by atoms with van der Waals surface area (Å²) >= 11 is 1.65. The molecule has 9 heteroatoms. The van der Waals surface area contributed by atoms with Crippen molar-refractivity contribution < 1.29 is 24.2 Å². The van der Waals surface area contributed by atoms with Crippen molar-refractivity contribution in [2.75, 3.05) is 5.75 Å². The minimum atomic E-state index is -0.647. The number of urea groups is 1. The highest BCUT2D eigenvalue weighted by molar-refractivity contribution is 7.99. The Morgan fingerprint density at radius 2 is 1.42 bits per heavy atom. The molecular weight excluding hydrogens is 647 g/mol. The van der Waals surface area contributed by atoms with Crippen LogP contribution in [-0.4, -0.2) is 39.8 Å². The maximum atomic E-state index is 12.8. The molecule has 1 aliphatic heterocycles. The van der Waals surface area contributed by atoms with E-state index in [2.05, 4.69) is 27.8 Å². The van der Waals surface area contributed by atoms with Gasteiger partial charge in [0.15, 0.2) is 12.1 Å². The maximum absolute atomic E-state index is 12.8. The summed E-state index contributed by atoms with van der Waals surface area (Å²) < 4.78 is 13.6. The zero-order valence-electron chi connectivity index (χ0n) is 27.9. The molecule has 0 radical (unpaired) electrons. The second-order valence-electron chi connectivity index (χ2n) is 12.3. The second kappa shape index (κ2) is 17.2. The van der Waals surface area contributed by atoms with Gasteiger partial charge in [0, 0.05) is 30.0 Å². The fraction of sp³-hybridized carbons (Fsp3) is 0.244. The number of carbonyl (C=O) groups excluding carboxylic acids is 2. The van der Waals surface area contributed by atoms with Gasteiger partial charge in [0.2, 0.25) is 0 Å². The molecule has 1 saturated heterocycles. The van der Waals surface area contributed by atoms with Crippen molar-refractivity contribution in [3.63, 3.8) is 0 Å². The Balaban J connectivity index is 1.18. The SMILES string of the molecule is CC(=O)[C@@H](Cc1ccccc1)NC(=O)NCc1ccc(C2O[C@H](CSc3ccccn3)[C@@H](c3ccccc3)[C@H](c3ccc(CO)cc3)O2)cc1. The van der Waals surface area contributed by atoms with Gasteiger partial charge in [-0.05, 0) is 53.3 Å². The normalized spacial score (nSPS) is 19.3. The number of benzene rings is 4. The summed E-state index contributed by atoms with van der Waals surface area (Å²) in [4.78, 5) is 29.5. The topological polar surface area (TPSA) is 110 Å². The standard InChI is InChI=1S/C41H41N3O5S/c1-28(46)35(24-29-10-4-2-5-11-29)44-41(47)43-25-30-15-21-34(22-16-30)40-48-36(27-50-37-14-8-9-23-42-37)38(32-12-6-3-7-13-32)39(49-40)33-19-17-31(26-45)18-20-33/h2-23,35-36,38-40,45H,24-27H2,1H3,(H2,43,44,47)/t35-,36-,38-,39+,40?/m1/s1. The van der Waals surface area contributed by atoms with E-state index < -0.39 is 18.4 Å². The lowest BCUT2D eigenvalue weighted by molar-refractivity contribution is -0.255. The molecule has 2 heterocycles. The Labute approximate surface area is 297 Å². The summed E-state index contributed by atoms with van der Waals surface area (Å²) in [5.41, 5.74) is 5.68. The average Bonchev–Trinajstić information content (AvgIpc) is 3.17.